The Kier molecular flexibility index (Phi) is 6.42. The molecular weight excluding hydrogens is 473 g/mol. The van der Waals surface area contributed by atoms with E-state index in [0.717, 1.165) is 22.1 Å². The van der Waals surface area contributed by atoms with Crippen LogP contribution < -0.4 is 10.1 Å². The summed E-state index contributed by atoms with van der Waals surface area (Å²) >= 11 is 3.21. The zero-order chi connectivity index (χ0) is 22.7. The average Bonchev–Trinajstić information content (AvgIpc) is 3.19. The molecule has 1 N–H and O–H groups in total. The Bertz CT molecular complexity index is 1310. The number of anilines is 1. The van der Waals surface area contributed by atoms with Crippen molar-refractivity contribution in [3.8, 4) is 16.9 Å². The Balaban J connectivity index is 1.72. The molecule has 0 aliphatic rings. The smallest absolute Gasteiger partial charge is 0.248 e. The number of carbonyl (C=O) groups is 1. The number of hydrogen-bond acceptors (Lipinski definition) is 3. The van der Waals surface area contributed by atoms with Gasteiger partial charge in [-0.2, -0.15) is 0 Å². The molecule has 0 spiro atoms. The number of hydrogen-bond donors (Lipinski definition) is 1. The highest BCUT2D eigenvalue weighted by Gasteiger charge is 2.15. The van der Waals surface area contributed by atoms with Crippen LogP contribution in [0.15, 0.2) is 81.9 Å². The summed E-state index contributed by atoms with van der Waals surface area (Å²) in [5.41, 5.74) is 4.26. The third-order valence-corrected chi connectivity index (χ3v) is 5.52. The van der Waals surface area contributed by atoms with Crippen molar-refractivity contribution in [1.82, 2.24) is 0 Å². The second-order valence-electron chi connectivity index (χ2n) is 7.23. The van der Waals surface area contributed by atoms with E-state index in [9.17, 15) is 9.18 Å². The zero-order valence-electron chi connectivity index (χ0n) is 17.6. The van der Waals surface area contributed by atoms with Crippen LogP contribution in [0.2, 0.25) is 0 Å². The van der Waals surface area contributed by atoms with Crippen LogP contribution in [-0.4, -0.2) is 12.5 Å². The number of rotatable bonds is 6. The van der Waals surface area contributed by atoms with E-state index in [1.54, 1.807) is 12.3 Å². The molecule has 4 nitrogen and oxygen atoms in total. The van der Waals surface area contributed by atoms with Gasteiger partial charge in [0.1, 0.15) is 17.1 Å². The number of amides is 1. The Morgan fingerprint density at radius 1 is 1.16 bits per heavy atom. The lowest BCUT2D eigenvalue weighted by Crippen LogP contribution is -2.10. The minimum atomic E-state index is -0.513. The van der Waals surface area contributed by atoms with Gasteiger partial charge in [0.2, 0.25) is 5.91 Å². The van der Waals surface area contributed by atoms with Crippen LogP contribution in [-0.2, 0) is 4.79 Å². The van der Waals surface area contributed by atoms with Gasteiger partial charge in [-0.1, -0.05) is 46.3 Å². The zero-order valence-corrected chi connectivity index (χ0v) is 19.2. The standard InChI is InChI=1S/C26H21BrFNO3/c1-3-31-24-14-25-20(21(15-32-25)17-7-5-4-6-8-17)13-19(24)16(2)11-26(30)29-23-10-9-18(27)12-22(23)28/h4-15H,3H2,1-2H3,(H,29,30)/b16-11+. The van der Waals surface area contributed by atoms with Crippen molar-refractivity contribution in [2.45, 2.75) is 13.8 Å². The van der Waals surface area contributed by atoms with Crippen LogP contribution in [0.25, 0.3) is 27.7 Å². The molecule has 0 saturated heterocycles. The van der Waals surface area contributed by atoms with Crippen LogP contribution in [0.5, 0.6) is 5.75 Å². The quantitative estimate of drug-likeness (QED) is 0.284. The molecule has 3 aromatic carbocycles. The summed E-state index contributed by atoms with van der Waals surface area (Å²) in [6, 6.07) is 18.2. The summed E-state index contributed by atoms with van der Waals surface area (Å²) < 4.78 is 26.3. The van der Waals surface area contributed by atoms with Crippen LogP contribution in [0, 0.1) is 5.82 Å². The summed E-state index contributed by atoms with van der Waals surface area (Å²) in [6.45, 7) is 4.19. The summed E-state index contributed by atoms with van der Waals surface area (Å²) in [4.78, 5) is 12.6. The summed E-state index contributed by atoms with van der Waals surface area (Å²) in [5, 5.41) is 3.51. The number of ether oxygens (including phenoxy) is 1. The minimum absolute atomic E-state index is 0.115. The highest BCUT2D eigenvalue weighted by atomic mass is 79.9. The van der Waals surface area contributed by atoms with Crippen molar-refractivity contribution in [3.05, 3.63) is 88.9 Å². The van der Waals surface area contributed by atoms with E-state index < -0.39 is 11.7 Å². The third-order valence-electron chi connectivity index (χ3n) is 5.02. The van der Waals surface area contributed by atoms with E-state index in [0.29, 0.717) is 28.0 Å². The summed E-state index contributed by atoms with van der Waals surface area (Å²) in [6.07, 6.45) is 3.16. The lowest BCUT2D eigenvalue weighted by molar-refractivity contribution is -0.111. The van der Waals surface area contributed by atoms with Gasteiger partial charge in [-0.3, -0.25) is 4.79 Å². The molecule has 1 aromatic heterocycles. The van der Waals surface area contributed by atoms with E-state index in [1.165, 1.54) is 18.2 Å². The van der Waals surface area contributed by atoms with Gasteiger partial charge < -0.3 is 14.5 Å². The normalized spacial score (nSPS) is 11.6. The number of nitrogens with one attached hydrogen (secondary N) is 1. The largest absolute Gasteiger partial charge is 0.493 e. The van der Waals surface area contributed by atoms with Crippen molar-refractivity contribution < 1.29 is 18.3 Å². The first-order chi connectivity index (χ1) is 15.5. The Morgan fingerprint density at radius 2 is 1.94 bits per heavy atom. The maximum atomic E-state index is 14.1. The molecule has 4 rings (SSSR count). The molecule has 0 saturated carbocycles. The molecule has 0 atom stereocenters. The number of halogens is 2. The number of carbonyl (C=O) groups excluding carboxylic acids is 1. The second-order valence-corrected chi connectivity index (χ2v) is 8.15. The van der Waals surface area contributed by atoms with Gasteiger partial charge in [0, 0.05) is 33.1 Å². The van der Waals surface area contributed by atoms with E-state index in [-0.39, 0.29) is 5.69 Å². The number of allylic oxidation sites excluding steroid dienone is 1. The molecular formula is C26H21BrFNO3. The van der Waals surface area contributed by atoms with E-state index in [1.807, 2.05) is 56.3 Å². The highest BCUT2D eigenvalue weighted by Crippen LogP contribution is 2.37. The molecule has 1 heterocycles. The molecule has 0 fully saturated rings. The number of benzene rings is 3. The predicted octanol–water partition coefficient (Wildman–Crippen LogP) is 7.44. The fourth-order valence-corrected chi connectivity index (χ4v) is 3.85. The van der Waals surface area contributed by atoms with Crippen LogP contribution in [0.4, 0.5) is 10.1 Å². The maximum absolute atomic E-state index is 14.1. The van der Waals surface area contributed by atoms with Crippen LogP contribution >= 0.6 is 15.9 Å². The highest BCUT2D eigenvalue weighted by molar-refractivity contribution is 9.10. The first kappa shape index (κ1) is 21.8. The van der Waals surface area contributed by atoms with Gasteiger partial charge >= 0.3 is 0 Å². The Morgan fingerprint density at radius 3 is 2.66 bits per heavy atom. The van der Waals surface area contributed by atoms with Crippen molar-refractivity contribution >= 4 is 44.1 Å². The fraction of sp³-hybridized carbons (Fsp3) is 0.115. The summed E-state index contributed by atoms with van der Waals surface area (Å²) in [5.74, 6) is -0.326. The lowest BCUT2D eigenvalue weighted by Gasteiger charge is -2.12. The third kappa shape index (κ3) is 4.60. The Hall–Kier alpha value is -3.38. The van der Waals surface area contributed by atoms with Gasteiger partial charge in [0.15, 0.2) is 0 Å². The van der Waals surface area contributed by atoms with E-state index in [2.05, 4.69) is 21.2 Å². The lowest BCUT2D eigenvalue weighted by atomic mass is 9.99. The van der Waals surface area contributed by atoms with E-state index >= 15 is 0 Å². The van der Waals surface area contributed by atoms with Crippen LogP contribution in [0.1, 0.15) is 19.4 Å². The first-order valence-corrected chi connectivity index (χ1v) is 10.9. The molecule has 32 heavy (non-hydrogen) atoms. The van der Waals surface area contributed by atoms with Gasteiger partial charge in [-0.25, -0.2) is 4.39 Å². The molecule has 1 amide bonds. The molecule has 162 valence electrons. The number of furan rings is 1. The SMILES string of the molecule is CCOc1cc2occ(-c3ccccc3)c2cc1/C(C)=C/C(=O)Nc1ccc(Br)cc1F. The number of fused-ring (bicyclic) bond motifs is 1. The molecule has 0 aliphatic heterocycles. The average molecular weight is 494 g/mol. The fourth-order valence-electron chi connectivity index (χ4n) is 3.51. The van der Waals surface area contributed by atoms with Crippen molar-refractivity contribution in [1.29, 1.82) is 0 Å². The van der Waals surface area contributed by atoms with Crippen molar-refractivity contribution in [3.63, 3.8) is 0 Å². The van der Waals surface area contributed by atoms with Crippen molar-refractivity contribution in [2.24, 2.45) is 0 Å². The van der Waals surface area contributed by atoms with Crippen molar-refractivity contribution in [2.75, 3.05) is 11.9 Å². The van der Waals surface area contributed by atoms with Gasteiger partial charge in [0.05, 0.1) is 18.6 Å². The maximum Gasteiger partial charge on any atom is 0.248 e. The van der Waals surface area contributed by atoms with E-state index in [4.69, 9.17) is 9.15 Å². The molecule has 0 unspecified atom stereocenters. The molecule has 0 aliphatic carbocycles. The summed E-state index contributed by atoms with van der Waals surface area (Å²) in [7, 11) is 0. The molecule has 0 radical (unpaired) electrons. The predicted molar refractivity (Wildman–Crippen MR) is 129 cm³/mol. The van der Waals surface area contributed by atoms with Crippen LogP contribution in [0.3, 0.4) is 0 Å². The second kappa shape index (κ2) is 9.40. The van der Waals surface area contributed by atoms with Gasteiger partial charge in [-0.15, -0.1) is 0 Å². The first-order valence-electron chi connectivity index (χ1n) is 10.1. The van der Waals surface area contributed by atoms with Gasteiger partial charge in [-0.05, 0) is 49.2 Å². The molecule has 0 bridgehead atoms. The topological polar surface area (TPSA) is 51.5 Å². The molecule has 6 heteroatoms. The van der Waals surface area contributed by atoms with Gasteiger partial charge in [0.25, 0.3) is 0 Å². The monoisotopic (exact) mass is 493 g/mol. The molecule has 4 aromatic rings. The minimum Gasteiger partial charge on any atom is -0.493 e. The Labute approximate surface area is 193 Å².